The molecule has 0 atom stereocenters. The normalized spacial score (nSPS) is 14.0. The summed E-state index contributed by atoms with van der Waals surface area (Å²) in [5, 5.41) is 0.163. The van der Waals surface area contributed by atoms with Crippen molar-refractivity contribution in [3.8, 4) is 5.75 Å². The molecule has 0 bridgehead atoms. The maximum absolute atomic E-state index is 12.6. The zero-order valence-electron chi connectivity index (χ0n) is 13.0. The number of carbonyl (C=O) groups is 1. The molecule has 1 saturated carbocycles. The first-order chi connectivity index (χ1) is 10.7. The molecule has 136 valence electrons. The van der Waals surface area contributed by atoms with Gasteiger partial charge in [-0.15, -0.1) is 12.4 Å². The summed E-state index contributed by atoms with van der Waals surface area (Å²) in [6.07, 6.45) is -3.51. The van der Waals surface area contributed by atoms with Gasteiger partial charge in [-0.05, 0) is 24.8 Å². The number of benzene rings is 1. The Balaban J connectivity index is 0.00000288. The number of hydrogen-bond acceptors (Lipinski definition) is 3. The molecule has 0 spiro atoms. The van der Waals surface area contributed by atoms with Gasteiger partial charge in [-0.25, -0.2) is 0 Å². The van der Waals surface area contributed by atoms with Crippen molar-refractivity contribution in [2.75, 3.05) is 25.9 Å². The second-order valence-corrected chi connectivity index (χ2v) is 6.04. The molecule has 24 heavy (non-hydrogen) atoms. The van der Waals surface area contributed by atoms with Gasteiger partial charge in [0.1, 0.15) is 5.75 Å². The van der Waals surface area contributed by atoms with Crippen LogP contribution in [0.3, 0.4) is 0 Å². The molecule has 0 radical (unpaired) electrons. The highest BCUT2D eigenvalue weighted by Crippen LogP contribution is 2.33. The lowest BCUT2D eigenvalue weighted by Gasteiger charge is -2.24. The van der Waals surface area contributed by atoms with Crippen LogP contribution in [0, 0.1) is 5.92 Å². The molecule has 1 aromatic carbocycles. The Kier molecular flexibility index (Phi) is 7.04. The summed E-state index contributed by atoms with van der Waals surface area (Å²) in [7, 11) is 1.36. The van der Waals surface area contributed by atoms with Gasteiger partial charge in [-0.1, -0.05) is 11.6 Å². The van der Waals surface area contributed by atoms with Crippen molar-refractivity contribution < 1.29 is 22.7 Å². The monoisotopic (exact) mass is 386 g/mol. The van der Waals surface area contributed by atoms with E-state index in [1.165, 1.54) is 24.1 Å². The summed E-state index contributed by atoms with van der Waals surface area (Å²) >= 11 is 5.93. The summed E-state index contributed by atoms with van der Waals surface area (Å²) in [6.45, 7) is -0.0793. The lowest BCUT2D eigenvalue weighted by Crippen LogP contribution is -2.36. The topological polar surface area (TPSA) is 55.6 Å². The van der Waals surface area contributed by atoms with Gasteiger partial charge >= 0.3 is 6.18 Å². The van der Waals surface area contributed by atoms with Crippen LogP contribution < -0.4 is 10.5 Å². The molecule has 1 aliphatic rings. The quantitative estimate of drug-likeness (QED) is 0.746. The first-order valence-corrected chi connectivity index (χ1v) is 7.58. The highest BCUT2D eigenvalue weighted by atomic mass is 35.5. The van der Waals surface area contributed by atoms with Crippen LogP contribution in [0.1, 0.15) is 29.6 Å². The van der Waals surface area contributed by atoms with Gasteiger partial charge in [0.25, 0.3) is 5.91 Å². The van der Waals surface area contributed by atoms with Crippen LogP contribution in [-0.2, 0) is 0 Å². The Hall–Kier alpha value is -1.34. The number of nitrogens with two attached hydrogens (primary N) is 1. The summed E-state index contributed by atoms with van der Waals surface area (Å²) in [5.74, 6) is -0.0629. The van der Waals surface area contributed by atoms with E-state index < -0.39 is 18.5 Å². The van der Waals surface area contributed by atoms with E-state index in [9.17, 15) is 18.0 Å². The van der Waals surface area contributed by atoms with Crippen LogP contribution in [0.4, 0.5) is 18.9 Å². The highest BCUT2D eigenvalue weighted by Gasteiger charge is 2.33. The maximum Gasteiger partial charge on any atom is 0.390 e. The number of amides is 1. The Bertz CT molecular complexity index is 593. The first-order valence-electron chi connectivity index (χ1n) is 7.20. The first kappa shape index (κ1) is 20.7. The van der Waals surface area contributed by atoms with Crippen molar-refractivity contribution in [1.29, 1.82) is 0 Å². The van der Waals surface area contributed by atoms with Crippen LogP contribution in [0.25, 0.3) is 0 Å². The molecular formula is C15H19Cl2F3N2O2. The van der Waals surface area contributed by atoms with Crippen molar-refractivity contribution >= 4 is 35.6 Å². The fourth-order valence-electron chi connectivity index (χ4n) is 2.23. The molecule has 0 aromatic heterocycles. The molecular weight excluding hydrogens is 368 g/mol. The standard InChI is InChI=1S/C15H18ClF3N2O2.ClH/c1-23-13-7-12(20)11(16)6-10(13)14(22)21(8-9-2-3-9)5-4-15(17,18)19;/h6-7,9H,2-5,8,20H2,1H3;1H. The minimum atomic E-state index is -4.31. The van der Waals surface area contributed by atoms with Crippen LogP contribution in [0.15, 0.2) is 12.1 Å². The number of nitrogen functional groups attached to an aromatic ring is 1. The van der Waals surface area contributed by atoms with Crippen molar-refractivity contribution in [3.63, 3.8) is 0 Å². The van der Waals surface area contributed by atoms with Gasteiger partial charge in [0.05, 0.1) is 29.8 Å². The third kappa shape index (κ3) is 5.63. The van der Waals surface area contributed by atoms with E-state index >= 15 is 0 Å². The summed E-state index contributed by atoms with van der Waals surface area (Å²) in [5.41, 5.74) is 6.02. The molecule has 2 rings (SSSR count). The van der Waals surface area contributed by atoms with E-state index in [4.69, 9.17) is 22.1 Å². The van der Waals surface area contributed by atoms with Gasteiger partial charge in [0, 0.05) is 19.2 Å². The van der Waals surface area contributed by atoms with Crippen molar-refractivity contribution in [3.05, 3.63) is 22.7 Å². The Morgan fingerprint density at radius 3 is 2.54 bits per heavy atom. The highest BCUT2D eigenvalue weighted by molar-refractivity contribution is 6.33. The second-order valence-electron chi connectivity index (χ2n) is 5.63. The van der Waals surface area contributed by atoms with Gasteiger partial charge in [-0.2, -0.15) is 13.2 Å². The number of nitrogens with zero attached hydrogens (tertiary/aromatic N) is 1. The van der Waals surface area contributed by atoms with Gasteiger partial charge < -0.3 is 15.4 Å². The third-order valence-corrected chi connectivity index (χ3v) is 4.00. The molecule has 9 heteroatoms. The van der Waals surface area contributed by atoms with Crippen LogP contribution >= 0.6 is 24.0 Å². The van der Waals surface area contributed by atoms with E-state index in [-0.39, 0.29) is 46.9 Å². The zero-order valence-corrected chi connectivity index (χ0v) is 14.6. The van der Waals surface area contributed by atoms with Gasteiger partial charge in [0.15, 0.2) is 0 Å². The smallest absolute Gasteiger partial charge is 0.390 e. The predicted octanol–water partition coefficient (Wildman–Crippen LogP) is 4.16. The lowest BCUT2D eigenvalue weighted by molar-refractivity contribution is -0.136. The molecule has 1 amide bonds. The number of methoxy groups -OCH3 is 1. The average Bonchev–Trinajstić information content (AvgIpc) is 3.28. The Morgan fingerprint density at radius 2 is 2.04 bits per heavy atom. The number of anilines is 1. The molecule has 1 aliphatic carbocycles. The number of rotatable bonds is 6. The molecule has 0 unspecified atom stereocenters. The second kappa shape index (κ2) is 8.16. The number of ether oxygens (including phenoxy) is 1. The third-order valence-electron chi connectivity index (χ3n) is 3.68. The predicted molar refractivity (Wildman–Crippen MR) is 89.0 cm³/mol. The molecule has 0 aliphatic heterocycles. The minimum Gasteiger partial charge on any atom is -0.496 e. The van der Waals surface area contributed by atoms with E-state index in [0.717, 1.165) is 12.8 Å². The van der Waals surface area contributed by atoms with Crippen molar-refractivity contribution in [1.82, 2.24) is 4.90 Å². The summed E-state index contributed by atoms with van der Waals surface area (Å²) in [6, 6.07) is 2.74. The minimum absolute atomic E-state index is 0. The molecule has 0 saturated heterocycles. The lowest BCUT2D eigenvalue weighted by atomic mass is 10.1. The maximum atomic E-state index is 12.6. The van der Waals surface area contributed by atoms with E-state index in [0.29, 0.717) is 6.54 Å². The van der Waals surface area contributed by atoms with E-state index in [1.54, 1.807) is 0 Å². The molecule has 1 fully saturated rings. The number of alkyl halides is 3. The van der Waals surface area contributed by atoms with Gasteiger partial charge in [-0.3, -0.25) is 4.79 Å². The summed E-state index contributed by atoms with van der Waals surface area (Å²) in [4.78, 5) is 13.9. The number of carbonyl (C=O) groups excluding carboxylic acids is 1. The van der Waals surface area contributed by atoms with Crippen LogP contribution in [0.2, 0.25) is 5.02 Å². The zero-order chi connectivity index (χ0) is 17.2. The van der Waals surface area contributed by atoms with Crippen molar-refractivity contribution in [2.45, 2.75) is 25.4 Å². The number of hydrogen-bond donors (Lipinski definition) is 1. The molecule has 1 aromatic rings. The van der Waals surface area contributed by atoms with Gasteiger partial charge in [0.2, 0.25) is 0 Å². The molecule has 0 heterocycles. The van der Waals surface area contributed by atoms with E-state index in [2.05, 4.69) is 0 Å². The van der Waals surface area contributed by atoms with E-state index in [1.807, 2.05) is 0 Å². The largest absolute Gasteiger partial charge is 0.496 e. The van der Waals surface area contributed by atoms with Crippen LogP contribution in [-0.4, -0.2) is 37.2 Å². The molecule has 4 nitrogen and oxygen atoms in total. The number of halogens is 5. The molecule has 2 N–H and O–H groups in total. The van der Waals surface area contributed by atoms with Crippen LogP contribution in [0.5, 0.6) is 5.75 Å². The Morgan fingerprint density at radius 1 is 1.42 bits per heavy atom. The SMILES string of the molecule is COc1cc(N)c(Cl)cc1C(=O)N(CCC(F)(F)F)CC1CC1.Cl. The summed E-state index contributed by atoms with van der Waals surface area (Å²) < 4.78 is 42.6. The Labute approximate surface area is 149 Å². The van der Waals surface area contributed by atoms with Crippen molar-refractivity contribution in [2.24, 2.45) is 5.92 Å². The fraction of sp³-hybridized carbons (Fsp3) is 0.533. The average molecular weight is 387 g/mol. The fourth-order valence-corrected chi connectivity index (χ4v) is 2.39.